The highest BCUT2D eigenvalue weighted by Gasteiger charge is 2.20. The van der Waals surface area contributed by atoms with Crippen LogP contribution in [0.3, 0.4) is 0 Å². The van der Waals surface area contributed by atoms with Crippen LogP contribution in [0.2, 0.25) is 0 Å². The third-order valence-electron chi connectivity index (χ3n) is 3.35. The van der Waals surface area contributed by atoms with Gasteiger partial charge in [0.25, 0.3) is 0 Å². The topological polar surface area (TPSA) is 21.6 Å². The van der Waals surface area contributed by atoms with E-state index in [9.17, 15) is 0 Å². The molecule has 0 N–H and O–H groups in total. The summed E-state index contributed by atoms with van der Waals surface area (Å²) in [5.74, 6) is -0.107. The molecule has 1 unspecified atom stereocenters. The first-order valence-electron chi connectivity index (χ1n) is 12.2. The van der Waals surface area contributed by atoms with Gasteiger partial charge >= 0.3 is 0 Å². The second-order valence-corrected chi connectivity index (χ2v) is 4.92. The first-order valence-corrected chi connectivity index (χ1v) is 7.21. The summed E-state index contributed by atoms with van der Waals surface area (Å²) in [5, 5.41) is 0. The molecule has 0 aromatic heterocycles. The molecule has 0 aliphatic carbocycles. The number of aliphatic imine (C=N–C) groups is 1. The lowest BCUT2D eigenvalue weighted by atomic mass is 10.0. The SMILES string of the molecule is [2H]c1c([2H])c([2H])c(C2=CC(c3c([2H])c([2H])c([2H])c([2H])c3[2H])N=C(c3ccccc3)O2)c([2H])c1[2H]. The summed E-state index contributed by atoms with van der Waals surface area (Å²) < 4.78 is 86.7. The van der Waals surface area contributed by atoms with E-state index in [4.69, 9.17) is 18.4 Å². The summed E-state index contributed by atoms with van der Waals surface area (Å²) in [6, 6.07) is 2.28. The second kappa shape index (κ2) is 6.55. The Bertz CT molecular complexity index is 1330. The van der Waals surface area contributed by atoms with Crippen LogP contribution >= 0.6 is 0 Å². The highest BCUT2D eigenvalue weighted by molar-refractivity contribution is 5.98. The molecule has 1 atom stereocenters. The Morgan fingerprint density at radius 2 is 1.46 bits per heavy atom. The molecule has 0 saturated heterocycles. The van der Waals surface area contributed by atoms with Gasteiger partial charge < -0.3 is 4.74 Å². The maximum atomic E-state index is 8.32. The van der Waals surface area contributed by atoms with Gasteiger partial charge in [0.1, 0.15) is 11.8 Å². The fourth-order valence-corrected chi connectivity index (χ4v) is 2.25. The van der Waals surface area contributed by atoms with E-state index in [1.165, 1.54) is 6.08 Å². The van der Waals surface area contributed by atoms with Crippen molar-refractivity contribution < 1.29 is 18.4 Å². The number of hydrogen-bond acceptors (Lipinski definition) is 2. The van der Waals surface area contributed by atoms with Crippen molar-refractivity contribution in [1.29, 1.82) is 0 Å². The van der Waals surface area contributed by atoms with E-state index in [1.807, 2.05) is 0 Å². The molecule has 0 bridgehead atoms. The Hall–Kier alpha value is -3.13. The molecule has 0 fully saturated rings. The van der Waals surface area contributed by atoms with E-state index >= 15 is 0 Å². The van der Waals surface area contributed by atoms with Crippen LogP contribution in [-0.2, 0) is 4.74 Å². The van der Waals surface area contributed by atoms with Crippen molar-refractivity contribution in [2.24, 2.45) is 4.99 Å². The van der Waals surface area contributed by atoms with Crippen molar-refractivity contribution in [3.63, 3.8) is 0 Å². The smallest absolute Gasteiger partial charge is 0.222 e. The standard InChI is InChI=1S/C22H17NO/c1-4-10-17(11-5-1)20-16-21(18-12-6-2-7-13-18)24-22(23-20)19-14-8-3-9-15-19/h1-16,20H/i1D,2D,4D,5D,6D,7D,10D,11D,12D,13D. The molecule has 0 saturated carbocycles. The monoisotopic (exact) mass is 321 g/mol. The lowest BCUT2D eigenvalue weighted by Crippen LogP contribution is -2.13. The van der Waals surface area contributed by atoms with E-state index in [2.05, 4.69) is 4.99 Å². The van der Waals surface area contributed by atoms with Crippen molar-refractivity contribution in [1.82, 2.24) is 0 Å². The predicted octanol–water partition coefficient (Wildman–Crippen LogP) is 5.25. The molecule has 2 nitrogen and oxygen atoms in total. The zero-order chi connectivity index (χ0) is 24.9. The fraction of sp³-hybridized carbons (Fsp3) is 0.0455. The Morgan fingerprint density at radius 1 is 0.792 bits per heavy atom. The van der Waals surface area contributed by atoms with Crippen LogP contribution in [0.4, 0.5) is 0 Å². The number of rotatable bonds is 3. The van der Waals surface area contributed by atoms with Gasteiger partial charge in [-0.05, 0) is 23.8 Å². The van der Waals surface area contributed by atoms with Gasteiger partial charge in [-0.1, -0.05) is 78.6 Å². The first-order chi connectivity index (χ1) is 16.0. The molecule has 1 aliphatic rings. The van der Waals surface area contributed by atoms with Gasteiger partial charge in [0.15, 0.2) is 0 Å². The van der Waals surface area contributed by atoms with Crippen LogP contribution in [0.15, 0.2) is 102 Å². The van der Waals surface area contributed by atoms with Gasteiger partial charge in [0.05, 0.1) is 13.7 Å². The molecule has 2 heteroatoms. The van der Waals surface area contributed by atoms with Crippen molar-refractivity contribution >= 4 is 11.7 Å². The molecular weight excluding hydrogens is 294 g/mol. The minimum Gasteiger partial charge on any atom is -0.438 e. The molecule has 1 heterocycles. The third-order valence-corrected chi connectivity index (χ3v) is 3.35. The van der Waals surface area contributed by atoms with E-state index in [0.29, 0.717) is 5.56 Å². The van der Waals surface area contributed by atoms with Crippen molar-refractivity contribution in [2.45, 2.75) is 6.04 Å². The highest BCUT2D eigenvalue weighted by Crippen LogP contribution is 2.31. The Kier molecular flexibility index (Phi) is 1.96. The molecule has 116 valence electrons. The molecule has 1 aliphatic heterocycles. The minimum absolute atomic E-state index is 0.0155. The summed E-state index contributed by atoms with van der Waals surface area (Å²) in [4.78, 5) is 4.45. The van der Waals surface area contributed by atoms with Crippen molar-refractivity contribution in [3.8, 4) is 0 Å². The summed E-state index contributed by atoms with van der Waals surface area (Å²) in [6.45, 7) is 0. The number of ether oxygens (including phenoxy) is 1. The van der Waals surface area contributed by atoms with Gasteiger partial charge in [0.2, 0.25) is 5.90 Å². The quantitative estimate of drug-likeness (QED) is 0.646. The van der Waals surface area contributed by atoms with Crippen molar-refractivity contribution in [2.75, 3.05) is 0 Å². The Balaban J connectivity index is 2.01. The van der Waals surface area contributed by atoms with Gasteiger partial charge in [-0.25, -0.2) is 4.99 Å². The molecule has 4 rings (SSSR count). The van der Waals surface area contributed by atoms with E-state index in [-0.39, 0.29) is 22.8 Å². The fourth-order valence-electron chi connectivity index (χ4n) is 2.25. The summed E-state index contributed by atoms with van der Waals surface area (Å²) in [7, 11) is 0. The Labute approximate surface area is 155 Å². The molecular formula is C22H17NO. The van der Waals surface area contributed by atoms with Crippen molar-refractivity contribution in [3.05, 3.63) is 114 Å². The maximum absolute atomic E-state index is 8.32. The minimum atomic E-state index is -1.13. The molecule has 3 aromatic carbocycles. The summed E-state index contributed by atoms with van der Waals surface area (Å²) >= 11 is 0. The second-order valence-electron chi connectivity index (χ2n) is 4.92. The van der Waals surface area contributed by atoms with Crippen LogP contribution < -0.4 is 0 Å². The van der Waals surface area contributed by atoms with Gasteiger partial charge in [0, 0.05) is 11.1 Å². The van der Waals surface area contributed by atoms with Crippen LogP contribution in [0.5, 0.6) is 0 Å². The Morgan fingerprint density at radius 3 is 2.17 bits per heavy atom. The largest absolute Gasteiger partial charge is 0.438 e. The van der Waals surface area contributed by atoms with Crippen LogP contribution in [0.1, 0.15) is 36.4 Å². The lowest BCUT2D eigenvalue weighted by molar-refractivity contribution is 0.486. The van der Waals surface area contributed by atoms with Gasteiger partial charge in [-0.15, -0.1) is 0 Å². The van der Waals surface area contributed by atoms with E-state index in [0.717, 1.165) is 0 Å². The first kappa shape index (κ1) is 7.18. The van der Waals surface area contributed by atoms with Gasteiger partial charge in [-0.3, -0.25) is 0 Å². The average molecular weight is 321 g/mol. The van der Waals surface area contributed by atoms with Crippen LogP contribution in [-0.4, -0.2) is 5.90 Å². The normalized spacial score (nSPS) is 22.6. The molecule has 0 amide bonds. The maximum Gasteiger partial charge on any atom is 0.222 e. The summed E-state index contributed by atoms with van der Waals surface area (Å²) in [6.07, 6.45) is 1.30. The summed E-state index contributed by atoms with van der Waals surface area (Å²) in [5.41, 5.74) is 0.164. The molecule has 24 heavy (non-hydrogen) atoms. The number of benzene rings is 3. The van der Waals surface area contributed by atoms with Crippen LogP contribution in [0.25, 0.3) is 5.76 Å². The highest BCUT2D eigenvalue weighted by atomic mass is 16.5. The lowest BCUT2D eigenvalue weighted by Gasteiger charge is -2.21. The zero-order valence-electron chi connectivity index (χ0n) is 22.4. The average Bonchev–Trinajstić information content (AvgIpc) is 2.84. The number of nitrogens with zero attached hydrogens (tertiary/aromatic N) is 1. The molecule has 0 radical (unpaired) electrons. The van der Waals surface area contributed by atoms with E-state index in [1.54, 1.807) is 30.3 Å². The third kappa shape index (κ3) is 2.99. The van der Waals surface area contributed by atoms with Gasteiger partial charge in [-0.2, -0.15) is 0 Å². The molecule has 3 aromatic rings. The zero-order valence-corrected chi connectivity index (χ0v) is 12.4. The predicted molar refractivity (Wildman–Crippen MR) is 97.7 cm³/mol. The number of hydrogen-bond donors (Lipinski definition) is 0. The molecule has 0 spiro atoms. The van der Waals surface area contributed by atoms with Crippen LogP contribution in [0, 0.1) is 0 Å². The van der Waals surface area contributed by atoms with E-state index < -0.39 is 66.5 Å².